The molecule has 0 aromatic carbocycles. The van der Waals surface area contributed by atoms with Crippen LogP contribution in [-0.2, 0) is 6.54 Å². The maximum atomic E-state index is 10.8. The fourth-order valence-corrected chi connectivity index (χ4v) is 1.30. The lowest BCUT2D eigenvalue weighted by molar-refractivity contribution is 0.112. The highest BCUT2D eigenvalue weighted by Crippen LogP contribution is 2.17. The lowest BCUT2D eigenvalue weighted by Crippen LogP contribution is -2.05. The van der Waals surface area contributed by atoms with Crippen LogP contribution >= 0.6 is 11.6 Å². The van der Waals surface area contributed by atoms with Crippen molar-refractivity contribution in [1.82, 2.24) is 15.1 Å². The minimum absolute atomic E-state index is 0.116. The Labute approximate surface area is 95.6 Å². The summed E-state index contributed by atoms with van der Waals surface area (Å²) in [6, 6.07) is 1.70. The van der Waals surface area contributed by atoms with Crippen LogP contribution in [0.15, 0.2) is 23.1 Å². The third kappa shape index (κ3) is 2.17. The van der Waals surface area contributed by atoms with E-state index in [1.807, 2.05) is 0 Å². The number of rotatable bonds is 4. The first-order valence-corrected chi connectivity index (χ1v) is 4.78. The van der Waals surface area contributed by atoms with Crippen LogP contribution in [0.5, 0.6) is 0 Å². The molecule has 7 heteroatoms. The second kappa shape index (κ2) is 4.71. The second-order valence-electron chi connectivity index (χ2n) is 2.88. The predicted octanol–water partition coefficient (Wildman–Crippen LogP) is 1.54. The molecule has 6 nitrogen and oxygen atoms in total. The first kappa shape index (κ1) is 10.6. The molecule has 2 heterocycles. The Morgan fingerprint density at radius 2 is 2.38 bits per heavy atom. The zero-order chi connectivity index (χ0) is 11.4. The maximum Gasteiger partial charge on any atom is 0.156 e. The van der Waals surface area contributed by atoms with Gasteiger partial charge in [0.05, 0.1) is 18.3 Å². The molecule has 0 saturated heterocycles. The molecule has 2 aromatic heterocycles. The van der Waals surface area contributed by atoms with Crippen molar-refractivity contribution in [2.45, 2.75) is 6.54 Å². The van der Waals surface area contributed by atoms with Crippen molar-refractivity contribution >= 4 is 23.7 Å². The monoisotopic (exact) mass is 238 g/mol. The standard InChI is InChI=1S/C9H7ClN4O2/c10-8-7(4-15)9(13-5-12-8)11-3-6-1-2-14-16-6/h1-2,4-5H,3H2,(H,11,12,13). The Kier molecular flexibility index (Phi) is 3.11. The van der Waals surface area contributed by atoms with E-state index in [1.54, 1.807) is 6.07 Å². The van der Waals surface area contributed by atoms with Gasteiger partial charge in [0.2, 0.25) is 0 Å². The number of hydrogen-bond donors (Lipinski definition) is 1. The maximum absolute atomic E-state index is 10.8. The largest absolute Gasteiger partial charge is 0.362 e. The third-order valence-electron chi connectivity index (χ3n) is 1.87. The van der Waals surface area contributed by atoms with Crippen LogP contribution in [0.25, 0.3) is 0 Å². The fourth-order valence-electron chi connectivity index (χ4n) is 1.12. The molecule has 2 aromatic rings. The minimum atomic E-state index is 0.116. The number of hydrogen-bond acceptors (Lipinski definition) is 6. The third-order valence-corrected chi connectivity index (χ3v) is 2.18. The molecule has 0 spiro atoms. The van der Waals surface area contributed by atoms with E-state index in [1.165, 1.54) is 12.5 Å². The van der Waals surface area contributed by atoms with E-state index in [-0.39, 0.29) is 10.7 Å². The van der Waals surface area contributed by atoms with Crippen molar-refractivity contribution in [2.75, 3.05) is 5.32 Å². The van der Waals surface area contributed by atoms with Crippen LogP contribution in [0.4, 0.5) is 5.82 Å². The summed E-state index contributed by atoms with van der Waals surface area (Å²) >= 11 is 5.73. The Balaban J connectivity index is 2.15. The number of nitrogens with one attached hydrogen (secondary N) is 1. The summed E-state index contributed by atoms with van der Waals surface area (Å²) in [5, 5.41) is 6.57. The molecule has 82 valence electrons. The van der Waals surface area contributed by atoms with Gasteiger partial charge in [0, 0.05) is 6.07 Å². The van der Waals surface area contributed by atoms with Gasteiger partial charge in [0.25, 0.3) is 0 Å². The molecule has 16 heavy (non-hydrogen) atoms. The Morgan fingerprint density at radius 1 is 1.50 bits per heavy atom. The number of aldehydes is 1. The SMILES string of the molecule is O=Cc1c(Cl)ncnc1NCc1ccno1. The molecule has 1 N–H and O–H groups in total. The molecule has 0 unspecified atom stereocenters. The summed E-state index contributed by atoms with van der Waals surface area (Å²) in [7, 11) is 0. The van der Waals surface area contributed by atoms with Gasteiger partial charge in [-0.2, -0.15) is 0 Å². The van der Waals surface area contributed by atoms with Crippen LogP contribution in [-0.4, -0.2) is 21.4 Å². The van der Waals surface area contributed by atoms with Gasteiger partial charge >= 0.3 is 0 Å². The quantitative estimate of drug-likeness (QED) is 0.643. The van der Waals surface area contributed by atoms with Gasteiger partial charge in [-0.05, 0) is 0 Å². The van der Waals surface area contributed by atoms with Crippen molar-refractivity contribution in [3.63, 3.8) is 0 Å². The molecule has 2 rings (SSSR count). The molecule has 0 aliphatic rings. The Morgan fingerprint density at radius 3 is 3.06 bits per heavy atom. The summed E-state index contributed by atoms with van der Waals surface area (Å²) in [6.07, 6.45) is 3.41. The topological polar surface area (TPSA) is 80.9 Å². The van der Waals surface area contributed by atoms with Crippen molar-refractivity contribution in [3.05, 3.63) is 35.1 Å². The smallest absolute Gasteiger partial charge is 0.156 e. The molecule has 0 radical (unpaired) electrons. The van der Waals surface area contributed by atoms with Gasteiger partial charge in [0.15, 0.2) is 12.0 Å². The molecule has 0 atom stereocenters. The highest BCUT2D eigenvalue weighted by Gasteiger charge is 2.08. The van der Waals surface area contributed by atoms with Gasteiger partial charge < -0.3 is 9.84 Å². The van der Waals surface area contributed by atoms with Crippen molar-refractivity contribution in [2.24, 2.45) is 0 Å². The lowest BCUT2D eigenvalue weighted by atomic mass is 10.3. The van der Waals surface area contributed by atoms with Crippen LogP contribution < -0.4 is 5.32 Å². The van der Waals surface area contributed by atoms with E-state index in [0.29, 0.717) is 24.4 Å². The average Bonchev–Trinajstić information content (AvgIpc) is 2.79. The predicted molar refractivity (Wildman–Crippen MR) is 56.3 cm³/mol. The second-order valence-corrected chi connectivity index (χ2v) is 3.23. The highest BCUT2D eigenvalue weighted by molar-refractivity contribution is 6.32. The van der Waals surface area contributed by atoms with Crippen LogP contribution in [0.1, 0.15) is 16.1 Å². The lowest BCUT2D eigenvalue weighted by Gasteiger charge is -2.05. The Hall–Kier alpha value is -1.95. The summed E-state index contributed by atoms with van der Waals surface area (Å²) < 4.78 is 4.88. The van der Waals surface area contributed by atoms with Crippen LogP contribution in [0.3, 0.4) is 0 Å². The van der Waals surface area contributed by atoms with Crippen molar-refractivity contribution in [1.29, 1.82) is 0 Å². The van der Waals surface area contributed by atoms with Gasteiger partial charge in [-0.1, -0.05) is 16.8 Å². The molecule has 0 amide bonds. The van der Waals surface area contributed by atoms with Crippen LogP contribution in [0.2, 0.25) is 5.15 Å². The van der Waals surface area contributed by atoms with E-state index >= 15 is 0 Å². The molecular weight excluding hydrogens is 232 g/mol. The van der Waals surface area contributed by atoms with E-state index in [0.717, 1.165) is 0 Å². The summed E-state index contributed by atoms with van der Waals surface area (Å²) in [5.41, 5.74) is 0.226. The Bertz CT molecular complexity index is 486. The number of nitrogens with zero attached hydrogens (tertiary/aromatic N) is 3. The molecule has 0 saturated carbocycles. The zero-order valence-electron chi connectivity index (χ0n) is 8.05. The molecule has 0 aliphatic carbocycles. The fraction of sp³-hybridized carbons (Fsp3) is 0.111. The number of aromatic nitrogens is 3. The van der Waals surface area contributed by atoms with Gasteiger partial charge in [-0.3, -0.25) is 4.79 Å². The summed E-state index contributed by atoms with van der Waals surface area (Å²) in [4.78, 5) is 18.4. The average molecular weight is 239 g/mol. The van der Waals surface area contributed by atoms with Gasteiger partial charge in [-0.25, -0.2) is 9.97 Å². The number of anilines is 1. The normalized spacial score (nSPS) is 10.1. The number of carbonyl (C=O) groups excluding carboxylic acids is 1. The molecular formula is C9H7ClN4O2. The van der Waals surface area contributed by atoms with Crippen LogP contribution in [0, 0.1) is 0 Å². The van der Waals surface area contributed by atoms with E-state index < -0.39 is 0 Å². The van der Waals surface area contributed by atoms with Gasteiger partial charge in [-0.15, -0.1) is 0 Å². The highest BCUT2D eigenvalue weighted by atomic mass is 35.5. The van der Waals surface area contributed by atoms with Crippen molar-refractivity contribution in [3.8, 4) is 0 Å². The first-order chi connectivity index (χ1) is 7.81. The zero-order valence-corrected chi connectivity index (χ0v) is 8.81. The molecule has 0 fully saturated rings. The summed E-state index contributed by atoms with van der Waals surface area (Å²) in [6.45, 7) is 0.369. The minimum Gasteiger partial charge on any atom is -0.362 e. The number of carbonyl (C=O) groups is 1. The number of halogens is 1. The molecule has 0 bridgehead atoms. The van der Waals surface area contributed by atoms with E-state index in [2.05, 4.69) is 20.4 Å². The van der Waals surface area contributed by atoms with Crippen molar-refractivity contribution < 1.29 is 9.32 Å². The van der Waals surface area contributed by atoms with E-state index in [4.69, 9.17) is 16.1 Å². The van der Waals surface area contributed by atoms with Gasteiger partial charge in [0.1, 0.15) is 17.3 Å². The molecule has 0 aliphatic heterocycles. The summed E-state index contributed by atoms with van der Waals surface area (Å²) in [5.74, 6) is 0.998. The first-order valence-electron chi connectivity index (χ1n) is 4.40. The van der Waals surface area contributed by atoms with E-state index in [9.17, 15) is 4.79 Å².